The Morgan fingerprint density at radius 1 is 1.18 bits per heavy atom. The molecule has 178 valence electrons. The highest BCUT2D eigenvalue weighted by Crippen LogP contribution is 2.38. The van der Waals surface area contributed by atoms with Gasteiger partial charge in [-0.2, -0.15) is 5.26 Å². The summed E-state index contributed by atoms with van der Waals surface area (Å²) < 4.78 is 64.8. The van der Waals surface area contributed by atoms with E-state index in [1.807, 2.05) is 0 Å². The molecule has 34 heavy (non-hydrogen) atoms. The van der Waals surface area contributed by atoms with E-state index in [-0.39, 0.29) is 29.9 Å². The molecule has 7 nitrogen and oxygen atoms in total. The maximum Gasteiger partial charge on any atom is 0.266 e. The molecule has 4 rings (SSSR count). The topological polar surface area (TPSA) is 109 Å². The number of rotatable bonds is 5. The maximum absolute atomic E-state index is 14.7. The Labute approximate surface area is 195 Å². The van der Waals surface area contributed by atoms with Gasteiger partial charge in [0.25, 0.3) is 6.43 Å². The molecule has 2 aromatic heterocycles. The summed E-state index contributed by atoms with van der Waals surface area (Å²) in [6, 6.07) is 7.05. The molecule has 11 heteroatoms. The van der Waals surface area contributed by atoms with Gasteiger partial charge in [0.1, 0.15) is 33.2 Å². The molecule has 1 fully saturated rings. The Morgan fingerprint density at radius 2 is 1.85 bits per heavy atom. The van der Waals surface area contributed by atoms with Crippen LogP contribution in [0.15, 0.2) is 30.6 Å². The number of pyridine rings is 1. The molecule has 0 saturated carbocycles. The zero-order valence-corrected chi connectivity index (χ0v) is 19.3. The highest BCUT2D eigenvalue weighted by Gasteiger charge is 2.40. The van der Waals surface area contributed by atoms with E-state index in [0.717, 1.165) is 6.07 Å². The van der Waals surface area contributed by atoms with Gasteiger partial charge >= 0.3 is 0 Å². The number of hydrogen-bond acceptors (Lipinski definition) is 7. The average molecular weight is 490 g/mol. The predicted octanol–water partition coefficient (Wildman–Crippen LogP) is 4.55. The Morgan fingerprint density at radius 3 is 2.50 bits per heavy atom. The van der Waals surface area contributed by atoms with Crippen LogP contribution >= 0.6 is 0 Å². The van der Waals surface area contributed by atoms with E-state index >= 15 is 0 Å². The third-order valence-corrected chi connectivity index (χ3v) is 7.95. The third-order valence-electron chi connectivity index (χ3n) is 6.29. The molecule has 3 aromatic rings. The van der Waals surface area contributed by atoms with Crippen molar-refractivity contribution < 1.29 is 21.6 Å². The van der Waals surface area contributed by atoms with Crippen LogP contribution in [0.1, 0.15) is 54.7 Å². The molecule has 0 aliphatic carbocycles. The number of anilines is 1. The molecular weight excluding hydrogens is 467 g/mol. The zero-order valence-electron chi connectivity index (χ0n) is 18.5. The van der Waals surface area contributed by atoms with Gasteiger partial charge in [-0.25, -0.2) is 31.6 Å². The number of benzene rings is 1. The number of sulfone groups is 1. The van der Waals surface area contributed by atoms with Gasteiger partial charge in [-0.1, -0.05) is 18.2 Å². The number of nitriles is 1. The van der Waals surface area contributed by atoms with Crippen LogP contribution in [0.4, 0.5) is 19.0 Å². The lowest BCUT2D eigenvalue weighted by Gasteiger charge is -2.30. The summed E-state index contributed by atoms with van der Waals surface area (Å²) >= 11 is 0. The van der Waals surface area contributed by atoms with Crippen molar-refractivity contribution in [3.63, 3.8) is 0 Å². The third kappa shape index (κ3) is 4.30. The summed E-state index contributed by atoms with van der Waals surface area (Å²) in [6.07, 6.45) is -1.38. The molecule has 0 radical (unpaired) electrons. The molecular formula is C23H22F3N5O2S. The highest BCUT2D eigenvalue weighted by atomic mass is 32.2. The van der Waals surface area contributed by atoms with Gasteiger partial charge in [-0.15, -0.1) is 0 Å². The summed E-state index contributed by atoms with van der Waals surface area (Å²) in [5.74, 6) is -0.872. The molecule has 0 bridgehead atoms. The highest BCUT2D eigenvalue weighted by molar-refractivity contribution is 7.91. The molecule has 0 amide bonds. The SMILES string of the molecule is Cc1nc(C2(C#N)CCS(=O)(=O)CC2)cc2c(N[C@H](C)c3cccc(C(F)F)c3F)ncnc12. The maximum atomic E-state index is 14.7. The summed E-state index contributed by atoms with van der Waals surface area (Å²) in [4.78, 5) is 13.1. The largest absolute Gasteiger partial charge is 0.363 e. The summed E-state index contributed by atoms with van der Waals surface area (Å²) in [5, 5.41) is 13.5. The average Bonchev–Trinajstić information content (AvgIpc) is 2.80. The van der Waals surface area contributed by atoms with E-state index in [1.165, 1.54) is 18.5 Å². The summed E-state index contributed by atoms with van der Waals surface area (Å²) in [5.41, 5.74) is -0.232. The lowest BCUT2D eigenvalue weighted by Crippen LogP contribution is -2.36. The van der Waals surface area contributed by atoms with Crippen LogP contribution in [0.25, 0.3) is 10.9 Å². The van der Waals surface area contributed by atoms with E-state index in [1.54, 1.807) is 19.9 Å². The smallest absolute Gasteiger partial charge is 0.266 e. The number of aromatic nitrogens is 3. The Hall–Kier alpha value is -3.26. The van der Waals surface area contributed by atoms with E-state index in [0.29, 0.717) is 28.1 Å². The molecule has 0 unspecified atom stereocenters. The Bertz CT molecular complexity index is 1390. The number of hydrogen-bond donors (Lipinski definition) is 1. The molecule has 3 heterocycles. The van der Waals surface area contributed by atoms with E-state index in [2.05, 4.69) is 26.3 Å². The monoisotopic (exact) mass is 489 g/mol. The van der Waals surface area contributed by atoms with E-state index in [4.69, 9.17) is 0 Å². The first-order valence-electron chi connectivity index (χ1n) is 10.6. The van der Waals surface area contributed by atoms with E-state index in [9.17, 15) is 26.9 Å². The fourth-order valence-electron chi connectivity index (χ4n) is 4.25. The first kappa shape index (κ1) is 23.9. The fourth-order valence-corrected chi connectivity index (χ4v) is 5.77. The van der Waals surface area contributed by atoms with Crippen molar-refractivity contribution in [1.29, 1.82) is 5.26 Å². The Balaban J connectivity index is 1.76. The minimum absolute atomic E-state index is 0.0570. The van der Waals surface area contributed by atoms with Gasteiger partial charge < -0.3 is 5.32 Å². The zero-order chi connectivity index (χ0) is 24.7. The second kappa shape index (κ2) is 8.83. The fraction of sp³-hybridized carbons (Fsp3) is 0.391. The number of nitrogens with one attached hydrogen (secondary N) is 1. The van der Waals surface area contributed by atoms with Crippen molar-refractivity contribution in [3.8, 4) is 6.07 Å². The summed E-state index contributed by atoms with van der Waals surface area (Å²) in [6.45, 7) is 3.35. The second-order valence-electron chi connectivity index (χ2n) is 8.47. The van der Waals surface area contributed by atoms with Crippen LogP contribution in [0.3, 0.4) is 0 Å². The van der Waals surface area contributed by atoms with Crippen molar-refractivity contribution in [1.82, 2.24) is 15.0 Å². The summed E-state index contributed by atoms with van der Waals surface area (Å²) in [7, 11) is -3.20. The number of nitrogens with zero attached hydrogens (tertiary/aromatic N) is 4. The van der Waals surface area contributed by atoms with Crippen LogP contribution in [0.5, 0.6) is 0 Å². The molecule has 1 N–H and O–H groups in total. The van der Waals surface area contributed by atoms with Gasteiger partial charge in [0.2, 0.25) is 0 Å². The lowest BCUT2D eigenvalue weighted by molar-refractivity contribution is 0.146. The Kier molecular flexibility index (Phi) is 6.20. The van der Waals surface area contributed by atoms with Crippen LogP contribution in [0, 0.1) is 24.1 Å². The van der Waals surface area contributed by atoms with Crippen molar-refractivity contribution in [2.45, 2.75) is 44.6 Å². The number of halogens is 3. The first-order chi connectivity index (χ1) is 16.1. The standard InChI is InChI=1S/C23H22F3N5O2S/c1-13(15-4-3-5-16(19(15)24)21(25)26)31-22-17-10-18(30-14(2)20(17)28-12-29-22)23(11-27)6-8-34(32,33)9-7-23/h3-5,10,12-13,21H,6-9H2,1-2H3,(H,28,29,31)/t13-/m1/s1. The van der Waals surface area contributed by atoms with Gasteiger partial charge in [-0.05, 0) is 32.8 Å². The molecule has 0 spiro atoms. The first-order valence-corrected chi connectivity index (χ1v) is 12.5. The molecule has 1 atom stereocenters. The second-order valence-corrected chi connectivity index (χ2v) is 10.8. The molecule has 1 aromatic carbocycles. The van der Waals surface area contributed by atoms with Gasteiger partial charge in [-0.3, -0.25) is 4.98 Å². The van der Waals surface area contributed by atoms with Crippen molar-refractivity contribution in [2.24, 2.45) is 0 Å². The number of aryl methyl sites for hydroxylation is 1. The van der Waals surface area contributed by atoms with Crippen molar-refractivity contribution in [3.05, 3.63) is 58.9 Å². The van der Waals surface area contributed by atoms with Gasteiger partial charge in [0.15, 0.2) is 0 Å². The van der Waals surface area contributed by atoms with Crippen LogP contribution < -0.4 is 5.32 Å². The van der Waals surface area contributed by atoms with Gasteiger partial charge in [0.05, 0.1) is 46.1 Å². The molecule has 1 saturated heterocycles. The quantitative estimate of drug-likeness (QED) is 0.560. The van der Waals surface area contributed by atoms with Crippen LogP contribution in [-0.2, 0) is 15.3 Å². The van der Waals surface area contributed by atoms with Gasteiger partial charge in [0, 0.05) is 10.9 Å². The van der Waals surface area contributed by atoms with Crippen molar-refractivity contribution in [2.75, 3.05) is 16.8 Å². The van der Waals surface area contributed by atoms with Crippen LogP contribution in [0.2, 0.25) is 0 Å². The molecule has 1 aliphatic rings. The minimum Gasteiger partial charge on any atom is -0.363 e. The predicted molar refractivity (Wildman–Crippen MR) is 121 cm³/mol. The van der Waals surface area contributed by atoms with Crippen molar-refractivity contribution >= 4 is 26.6 Å². The molecule has 1 aliphatic heterocycles. The normalized spacial score (nSPS) is 17.9. The minimum atomic E-state index is -3.20. The lowest BCUT2D eigenvalue weighted by atomic mass is 9.79. The van der Waals surface area contributed by atoms with E-state index < -0.39 is 39.1 Å². The number of fused-ring (bicyclic) bond motifs is 1. The number of alkyl halides is 2. The van der Waals surface area contributed by atoms with Crippen LogP contribution in [-0.4, -0.2) is 34.9 Å².